The second-order valence-corrected chi connectivity index (χ2v) is 6.30. The minimum atomic E-state index is -0.276. The zero-order valence-corrected chi connectivity index (χ0v) is 8.06. The van der Waals surface area contributed by atoms with Crippen LogP contribution < -0.4 is 5.32 Å². The summed E-state index contributed by atoms with van der Waals surface area (Å²) in [6.45, 7) is 9.44. The molecule has 0 spiro atoms. The van der Waals surface area contributed by atoms with Gasteiger partial charge in [-0.1, -0.05) is 20.0 Å². The highest BCUT2D eigenvalue weighted by atomic mass is 28.3. The Kier molecular flexibility index (Phi) is 6.42. The highest BCUT2D eigenvalue weighted by molar-refractivity contribution is 6.55. The van der Waals surface area contributed by atoms with Crippen LogP contribution in [-0.2, 0) is 0 Å². The molecule has 0 heterocycles. The number of rotatable bonds is 5. The van der Waals surface area contributed by atoms with E-state index >= 15 is 0 Å². The molecular formula is C7H19NSi. The van der Waals surface area contributed by atoms with Gasteiger partial charge in [0.15, 0.2) is 0 Å². The molecule has 0 unspecified atom stereocenters. The molecule has 0 aliphatic carbocycles. The fraction of sp³-hybridized carbons (Fsp3) is 1.00. The van der Waals surface area contributed by atoms with Crippen molar-refractivity contribution in [1.82, 2.24) is 5.32 Å². The van der Waals surface area contributed by atoms with E-state index in [1.54, 1.807) is 0 Å². The smallest absolute Gasteiger partial charge is 0.0318 e. The Morgan fingerprint density at radius 3 is 2.33 bits per heavy atom. The molecule has 0 aliphatic rings. The van der Waals surface area contributed by atoms with E-state index in [0.29, 0.717) is 0 Å². The molecule has 56 valence electrons. The Morgan fingerprint density at radius 2 is 1.89 bits per heavy atom. The number of hydrogen-bond acceptors (Lipinski definition) is 1. The van der Waals surface area contributed by atoms with Crippen molar-refractivity contribution >= 4 is 8.80 Å². The molecular weight excluding hydrogens is 126 g/mol. The molecule has 0 aromatic rings. The molecule has 0 aromatic heterocycles. The third kappa shape index (κ3) is 8.18. The maximum atomic E-state index is 3.40. The van der Waals surface area contributed by atoms with E-state index in [4.69, 9.17) is 0 Å². The maximum Gasteiger partial charge on any atom is 0.0318 e. The predicted molar refractivity (Wildman–Crippen MR) is 46.8 cm³/mol. The molecule has 0 bridgehead atoms. The summed E-state index contributed by atoms with van der Waals surface area (Å²) in [7, 11) is -0.276. The van der Waals surface area contributed by atoms with Crippen LogP contribution in [0.3, 0.4) is 0 Å². The molecule has 0 atom stereocenters. The highest BCUT2D eigenvalue weighted by Gasteiger charge is 1.92. The van der Waals surface area contributed by atoms with Gasteiger partial charge in [0.1, 0.15) is 0 Å². The van der Waals surface area contributed by atoms with Gasteiger partial charge >= 0.3 is 0 Å². The van der Waals surface area contributed by atoms with Crippen LogP contribution in [0.4, 0.5) is 0 Å². The standard InChI is InChI=1S/C7H19NSi/c1-4-5-8-6-7-9(2)3/h8-9H,4-7H2,1-3H3. The molecule has 9 heavy (non-hydrogen) atoms. The molecule has 0 fully saturated rings. The normalized spacial score (nSPS) is 10.7. The SMILES string of the molecule is CCCNCC[SiH](C)C. The lowest BCUT2D eigenvalue weighted by Gasteiger charge is -2.03. The first-order valence-corrected chi connectivity index (χ1v) is 7.10. The van der Waals surface area contributed by atoms with Crippen molar-refractivity contribution in [2.75, 3.05) is 13.1 Å². The summed E-state index contributed by atoms with van der Waals surface area (Å²) < 4.78 is 0. The van der Waals surface area contributed by atoms with E-state index in [1.165, 1.54) is 25.6 Å². The van der Waals surface area contributed by atoms with Crippen LogP contribution in [0.25, 0.3) is 0 Å². The lowest BCUT2D eigenvalue weighted by atomic mass is 10.5. The Balaban J connectivity index is 2.75. The van der Waals surface area contributed by atoms with Crippen LogP contribution >= 0.6 is 0 Å². The van der Waals surface area contributed by atoms with E-state index in [2.05, 4.69) is 25.3 Å². The third-order valence-electron chi connectivity index (χ3n) is 1.33. The van der Waals surface area contributed by atoms with E-state index in [9.17, 15) is 0 Å². The van der Waals surface area contributed by atoms with Gasteiger partial charge in [-0.3, -0.25) is 0 Å². The average molecular weight is 145 g/mol. The monoisotopic (exact) mass is 145 g/mol. The first-order valence-electron chi connectivity index (χ1n) is 3.98. The first-order chi connectivity index (χ1) is 4.27. The van der Waals surface area contributed by atoms with Gasteiger partial charge < -0.3 is 5.32 Å². The van der Waals surface area contributed by atoms with E-state index in [0.717, 1.165) is 0 Å². The molecule has 0 amide bonds. The Labute approximate surface area is 60.5 Å². The molecule has 0 radical (unpaired) electrons. The molecule has 1 N–H and O–H groups in total. The topological polar surface area (TPSA) is 12.0 Å². The Hall–Kier alpha value is 0.177. The molecule has 0 aliphatic heterocycles. The largest absolute Gasteiger partial charge is 0.317 e. The summed E-state index contributed by atoms with van der Waals surface area (Å²) in [6, 6.07) is 1.44. The van der Waals surface area contributed by atoms with Crippen molar-refractivity contribution in [2.24, 2.45) is 0 Å². The van der Waals surface area contributed by atoms with Crippen molar-refractivity contribution in [3.8, 4) is 0 Å². The lowest BCUT2D eigenvalue weighted by molar-refractivity contribution is 0.700. The average Bonchev–Trinajstić information content (AvgIpc) is 1.80. The summed E-state index contributed by atoms with van der Waals surface area (Å²) in [6.07, 6.45) is 1.26. The second kappa shape index (κ2) is 6.30. The second-order valence-electron chi connectivity index (χ2n) is 2.93. The van der Waals surface area contributed by atoms with Crippen LogP contribution in [0, 0.1) is 0 Å². The molecule has 0 saturated carbocycles. The van der Waals surface area contributed by atoms with Crippen molar-refractivity contribution in [2.45, 2.75) is 32.5 Å². The van der Waals surface area contributed by atoms with Gasteiger partial charge in [-0.2, -0.15) is 0 Å². The summed E-state index contributed by atoms with van der Waals surface area (Å²) in [5.41, 5.74) is 0. The fourth-order valence-corrected chi connectivity index (χ4v) is 1.47. The van der Waals surface area contributed by atoms with Crippen LogP contribution in [0.1, 0.15) is 13.3 Å². The summed E-state index contributed by atoms with van der Waals surface area (Å²) >= 11 is 0. The minimum Gasteiger partial charge on any atom is -0.317 e. The van der Waals surface area contributed by atoms with Gasteiger partial charge in [-0.25, -0.2) is 0 Å². The Bertz CT molecular complexity index is 54.9. The summed E-state index contributed by atoms with van der Waals surface area (Å²) in [5.74, 6) is 0. The van der Waals surface area contributed by atoms with E-state index < -0.39 is 0 Å². The predicted octanol–water partition coefficient (Wildman–Crippen LogP) is 1.47. The number of hydrogen-bond donors (Lipinski definition) is 1. The van der Waals surface area contributed by atoms with Gasteiger partial charge in [0, 0.05) is 8.80 Å². The van der Waals surface area contributed by atoms with E-state index in [-0.39, 0.29) is 8.80 Å². The van der Waals surface area contributed by atoms with Gasteiger partial charge in [-0.05, 0) is 25.6 Å². The zero-order valence-electron chi connectivity index (χ0n) is 6.91. The first kappa shape index (κ1) is 9.18. The molecule has 0 saturated heterocycles. The summed E-state index contributed by atoms with van der Waals surface area (Å²) in [4.78, 5) is 0. The molecule has 1 nitrogen and oxygen atoms in total. The van der Waals surface area contributed by atoms with Crippen molar-refractivity contribution in [3.63, 3.8) is 0 Å². The van der Waals surface area contributed by atoms with Crippen LogP contribution in [0.15, 0.2) is 0 Å². The molecule has 0 aromatic carbocycles. The van der Waals surface area contributed by atoms with Crippen molar-refractivity contribution < 1.29 is 0 Å². The van der Waals surface area contributed by atoms with Crippen molar-refractivity contribution in [1.29, 1.82) is 0 Å². The minimum absolute atomic E-state index is 0.276. The molecule has 0 rings (SSSR count). The van der Waals surface area contributed by atoms with Gasteiger partial charge in [0.2, 0.25) is 0 Å². The quantitative estimate of drug-likeness (QED) is 0.456. The summed E-state index contributed by atoms with van der Waals surface area (Å²) in [5, 5.41) is 3.40. The van der Waals surface area contributed by atoms with Crippen LogP contribution in [-0.4, -0.2) is 21.9 Å². The lowest BCUT2D eigenvalue weighted by Crippen LogP contribution is -2.19. The maximum absolute atomic E-state index is 3.40. The van der Waals surface area contributed by atoms with Gasteiger partial charge in [-0.15, -0.1) is 0 Å². The van der Waals surface area contributed by atoms with Gasteiger partial charge in [0.25, 0.3) is 0 Å². The third-order valence-corrected chi connectivity index (χ3v) is 2.77. The number of nitrogens with one attached hydrogen (secondary N) is 1. The van der Waals surface area contributed by atoms with Gasteiger partial charge in [0.05, 0.1) is 0 Å². The van der Waals surface area contributed by atoms with Crippen molar-refractivity contribution in [3.05, 3.63) is 0 Å². The van der Waals surface area contributed by atoms with Crippen LogP contribution in [0.2, 0.25) is 19.1 Å². The zero-order chi connectivity index (χ0) is 7.11. The van der Waals surface area contributed by atoms with E-state index in [1.807, 2.05) is 0 Å². The highest BCUT2D eigenvalue weighted by Crippen LogP contribution is 1.87. The van der Waals surface area contributed by atoms with Crippen LogP contribution in [0.5, 0.6) is 0 Å². The Morgan fingerprint density at radius 1 is 1.22 bits per heavy atom. The fourth-order valence-electron chi connectivity index (χ4n) is 0.693. The molecule has 2 heteroatoms.